The Bertz CT molecular complexity index is 867. The van der Waals surface area contributed by atoms with Crippen molar-refractivity contribution >= 4 is 21.6 Å². The monoisotopic (exact) mass is 405 g/mol. The lowest BCUT2D eigenvalue weighted by Crippen LogP contribution is -3.14. The minimum Gasteiger partial charge on any atom is -0.370 e. The summed E-state index contributed by atoms with van der Waals surface area (Å²) in [6.45, 7) is 4.79. The van der Waals surface area contributed by atoms with Crippen molar-refractivity contribution in [2.45, 2.75) is 11.3 Å². The van der Waals surface area contributed by atoms with E-state index in [0.29, 0.717) is 17.9 Å². The van der Waals surface area contributed by atoms with Crippen LogP contribution in [0.4, 0.5) is 5.69 Å². The quantitative estimate of drug-likeness (QED) is 0.533. The number of nitrogens with one attached hydrogen (secondary N) is 3. The molecule has 1 aliphatic rings. The first-order valence-corrected chi connectivity index (χ1v) is 10.8. The van der Waals surface area contributed by atoms with E-state index in [9.17, 15) is 13.2 Å². The van der Waals surface area contributed by atoms with Crippen molar-refractivity contribution in [3.63, 3.8) is 0 Å². The van der Waals surface area contributed by atoms with Crippen molar-refractivity contribution in [3.8, 4) is 0 Å². The number of carbonyl (C=O) groups excluding carboxylic acids is 1. The summed E-state index contributed by atoms with van der Waals surface area (Å²) in [4.78, 5) is 17.7. The molecule has 0 bridgehead atoms. The smallest absolute Gasteiger partial charge is 0.274 e. The number of anilines is 1. The first-order valence-electron chi connectivity index (χ1n) is 9.28. The zero-order chi connectivity index (χ0) is 19.8. The Kier molecular flexibility index (Phi) is 7.10. The Morgan fingerprint density at radius 3 is 2.54 bits per heavy atom. The molecule has 150 valence electrons. The maximum Gasteiger partial charge on any atom is 0.274 e. The molecule has 0 atom stereocenters. The van der Waals surface area contributed by atoms with E-state index in [4.69, 9.17) is 4.74 Å². The van der Waals surface area contributed by atoms with E-state index in [0.717, 1.165) is 39.3 Å². The maximum atomic E-state index is 12.4. The average Bonchev–Trinajstić information content (AvgIpc) is 2.73. The summed E-state index contributed by atoms with van der Waals surface area (Å²) in [5.74, 6) is -0.347. The molecule has 1 aromatic heterocycles. The second-order valence-electron chi connectivity index (χ2n) is 6.56. The van der Waals surface area contributed by atoms with E-state index < -0.39 is 10.0 Å². The molecule has 1 aromatic carbocycles. The number of rotatable bonds is 8. The first kappa shape index (κ1) is 20.4. The van der Waals surface area contributed by atoms with Crippen LogP contribution in [0.3, 0.4) is 0 Å². The topological polar surface area (TPSA) is 102 Å². The van der Waals surface area contributed by atoms with E-state index in [2.05, 4.69) is 15.0 Å². The Morgan fingerprint density at radius 1 is 1.11 bits per heavy atom. The molecule has 2 aromatic rings. The number of hydrogen-bond acceptors (Lipinski definition) is 5. The molecule has 0 unspecified atom stereocenters. The fourth-order valence-electron chi connectivity index (χ4n) is 2.95. The van der Waals surface area contributed by atoms with Gasteiger partial charge in [-0.1, -0.05) is 6.07 Å². The third-order valence-electron chi connectivity index (χ3n) is 4.52. The lowest BCUT2D eigenvalue weighted by atomic mass is 10.3. The van der Waals surface area contributed by atoms with Crippen LogP contribution in [-0.2, 0) is 14.8 Å². The highest BCUT2D eigenvalue weighted by atomic mass is 32.2. The van der Waals surface area contributed by atoms with E-state index in [1.807, 2.05) is 0 Å². The highest BCUT2D eigenvalue weighted by molar-refractivity contribution is 7.89. The van der Waals surface area contributed by atoms with Crippen LogP contribution in [0.25, 0.3) is 0 Å². The van der Waals surface area contributed by atoms with Gasteiger partial charge in [0.15, 0.2) is 0 Å². The molecular weight excluding hydrogens is 380 g/mol. The Morgan fingerprint density at radius 2 is 1.86 bits per heavy atom. The minimum absolute atomic E-state index is 0.169. The molecule has 0 spiro atoms. The molecule has 0 saturated carbocycles. The minimum atomic E-state index is -3.57. The molecule has 28 heavy (non-hydrogen) atoms. The van der Waals surface area contributed by atoms with E-state index in [-0.39, 0.29) is 10.8 Å². The summed E-state index contributed by atoms with van der Waals surface area (Å²) in [6, 6.07) is 11.1. The largest absolute Gasteiger partial charge is 0.370 e. The van der Waals surface area contributed by atoms with Crippen LogP contribution in [0.5, 0.6) is 0 Å². The lowest BCUT2D eigenvalue weighted by molar-refractivity contribution is -0.908. The van der Waals surface area contributed by atoms with Crippen molar-refractivity contribution in [1.82, 2.24) is 9.71 Å². The molecule has 9 heteroatoms. The number of morpholine rings is 1. The fourth-order valence-corrected chi connectivity index (χ4v) is 4.02. The predicted octanol–water partition coefficient (Wildman–Crippen LogP) is -0.0826. The Labute approximate surface area is 165 Å². The van der Waals surface area contributed by atoms with Gasteiger partial charge in [-0.25, -0.2) is 13.1 Å². The lowest BCUT2D eigenvalue weighted by Gasteiger charge is -2.23. The highest BCUT2D eigenvalue weighted by Gasteiger charge is 2.16. The van der Waals surface area contributed by atoms with Gasteiger partial charge in [0.05, 0.1) is 24.7 Å². The Balaban J connectivity index is 1.49. The van der Waals surface area contributed by atoms with Crippen molar-refractivity contribution < 1.29 is 22.8 Å². The zero-order valence-electron chi connectivity index (χ0n) is 15.6. The summed E-state index contributed by atoms with van der Waals surface area (Å²) in [5, 5.41) is 2.70. The number of pyridine rings is 1. The number of hydrogen-bond donors (Lipinski definition) is 3. The van der Waals surface area contributed by atoms with Gasteiger partial charge in [-0.2, -0.15) is 0 Å². The second kappa shape index (κ2) is 9.74. The molecule has 0 radical (unpaired) electrons. The average molecular weight is 406 g/mol. The normalized spacial score (nSPS) is 15.3. The zero-order valence-corrected chi connectivity index (χ0v) is 16.4. The van der Waals surface area contributed by atoms with Gasteiger partial charge in [0.1, 0.15) is 18.8 Å². The number of aromatic nitrogens is 1. The molecule has 1 fully saturated rings. The number of quaternary nitrogens is 1. The third kappa shape index (κ3) is 5.83. The summed E-state index contributed by atoms with van der Waals surface area (Å²) in [5.41, 5.74) is 0.800. The third-order valence-corrected chi connectivity index (χ3v) is 6.00. The number of carbonyl (C=O) groups is 1. The van der Waals surface area contributed by atoms with Crippen LogP contribution in [0, 0.1) is 0 Å². The van der Waals surface area contributed by atoms with Crippen LogP contribution >= 0.6 is 0 Å². The van der Waals surface area contributed by atoms with Gasteiger partial charge >= 0.3 is 0 Å². The molecule has 8 nitrogen and oxygen atoms in total. The summed E-state index contributed by atoms with van der Waals surface area (Å²) >= 11 is 0. The van der Waals surface area contributed by atoms with Crippen LogP contribution in [0.2, 0.25) is 0 Å². The number of nitrogens with zero attached hydrogens (tertiary/aromatic N) is 1. The number of benzene rings is 1. The Hall–Kier alpha value is -2.33. The first-order chi connectivity index (χ1) is 13.5. The van der Waals surface area contributed by atoms with Gasteiger partial charge in [-0.15, -0.1) is 0 Å². The number of sulfonamides is 1. The molecule has 1 saturated heterocycles. The van der Waals surface area contributed by atoms with Crippen molar-refractivity contribution in [1.29, 1.82) is 0 Å². The van der Waals surface area contributed by atoms with Gasteiger partial charge in [0, 0.05) is 24.8 Å². The summed E-state index contributed by atoms with van der Waals surface area (Å²) in [7, 11) is -3.57. The van der Waals surface area contributed by atoms with Gasteiger partial charge in [0.25, 0.3) is 5.91 Å². The SMILES string of the molecule is O=C(Nc1ccc(S(=O)(=O)NCCC[NH+]2CCOCC2)cc1)c1ccccn1. The van der Waals surface area contributed by atoms with Gasteiger partial charge in [-0.3, -0.25) is 9.78 Å². The maximum absolute atomic E-state index is 12.4. The molecule has 2 heterocycles. The van der Waals surface area contributed by atoms with Crippen LogP contribution < -0.4 is 14.9 Å². The van der Waals surface area contributed by atoms with Gasteiger partial charge < -0.3 is 15.0 Å². The summed E-state index contributed by atoms with van der Waals surface area (Å²) < 4.78 is 32.8. The van der Waals surface area contributed by atoms with Crippen LogP contribution in [0.15, 0.2) is 53.6 Å². The van der Waals surface area contributed by atoms with E-state index in [1.54, 1.807) is 30.3 Å². The molecule has 1 aliphatic heterocycles. The van der Waals surface area contributed by atoms with Crippen molar-refractivity contribution in [3.05, 3.63) is 54.4 Å². The molecule has 3 rings (SSSR count). The molecule has 1 amide bonds. The molecule has 3 N–H and O–H groups in total. The van der Waals surface area contributed by atoms with Gasteiger partial charge in [-0.05, 0) is 36.4 Å². The number of amides is 1. The standard InChI is InChI=1S/C19H24N4O4S/c24-19(18-4-1-2-9-20-18)22-16-5-7-17(8-6-16)28(25,26)21-10-3-11-23-12-14-27-15-13-23/h1-2,4-9,21H,3,10-15H2,(H,22,24)/p+1. The fraction of sp³-hybridized carbons (Fsp3) is 0.368. The predicted molar refractivity (Wildman–Crippen MR) is 105 cm³/mol. The molecular formula is C19H25N4O4S+. The second-order valence-corrected chi connectivity index (χ2v) is 8.32. The van der Waals surface area contributed by atoms with Crippen molar-refractivity contribution in [2.24, 2.45) is 0 Å². The van der Waals surface area contributed by atoms with Crippen LogP contribution in [-0.4, -0.2) is 58.7 Å². The van der Waals surface area contributed by atoms with Crippen molar-refractivity contribution in [2.75, 3.05) is 44.7 Å². The van der Waals surface area contributed by atoms with Gasteiger partial charge in [0.2, 0.25) is 10.0 Å². The van der Waals surface area contributed by atoms with E-state index in [1.165, 1.54) is 23.2 Å². The molecule has 0 aliphatic carbocycles. The highest BCUT2D eigenvalue weighted by Crippen LogP contribution is 2.14. The number of ether oxygens (including phenoxy) is 1. The summed E-state index contributed by atoms with van der Waals surface area (Å²) in [6.07, 6.45) is 2.31. The van der Waals surface area contributed by atoms with Crippen LogP contribution in [0.1, 0.15) is 16.9 Å². The van der Waals surface area contributed by atoms with E-state index >= 15 is 0 Å².